The van der Waals surface area contributed by atoms with Crippen molar-refractivity contribution in [2.75, 3.05) is 13.6 Å². The summed E-state index contributed by atoms with van der Waals surface area (Å²) in [5.41, 5.74) is 2.92. The molecule has 5 heteroatoms. The summed E-state index contributed by atoms with van der Waals surface area (Å²) in [5.74, 6) is -0.00670. The normalized spacial score (nSPS) is 11.1. The van der Waals surface area contributed by atoms with E-state index in [1.54, 1.807) is 6.07 Å². The first-order valence-corrected chi connectivity index (χ1v) is 7.75. The number of hydrogen-bond acceptors (Lipinski definition) is 3. The first-order valence-electron chi connectivity index (χ1n) is 6.18. The highest BCUT2D eigenvalue weighted by Crippen LogP contribution is 2.31. The lowest BCUT2D eigenvalue weighted by molar-refractivity contribution is 0.0943. The van der Waals surface area contributed by atoms with Gasteiger partial charge >= 0.3 is 0 Å². The van der Waals surface area contributed by atoms with Gasteiger partial charge in [0, 0.05) is 6.54 Å². The van der Waals surface area contributed by atoms with E-state index in [-0.39, 0.29) is 5.78 Å². The van der Waals surface area contributed by atoms with Gasteiger partial charge < -0.3 is 0 Å². The second-order valence-electron chi connectivity index (χ2n) is 4.82. The Hall–Kier alpha value is -0.870. The fourth-order valence-corrected chi connectivity index (χ4v) is 3.42. The molecule has 0 spiro atoms. The molecular formula is C15H15Cl2NOS. The van der Waals surface area contributed by atoms with Crippen molar-refractivity contribution in [3.8, 4) is 0 Å². The standard InChI is InChI=1S/C15H15Cl2NOS/c1-10-3-5-11(6-4-10)8-18(2)9-13(19)12-7-14(16)20-15(12)17/h3-7H,8-9H2,1-2H3. The van der Waals surface area contributed by atoms with Crippen LogP contribution in [0.2, 0.25) is 8.67 Å². The Morgan fingerprint density at radius 1 is 1.25 bits per heavy atom. The van der Waals surface area contributed by atoms with E-state index in [1.165, 1.54) is 22.5 Å². The third kappa shape index (κ3) is 4.06. The van der Waals surface area contributed by atoms with Crippen LogP contribution in [-0.4, -0.2) is 24.3 Å². The van der Waals surface area contributed by atoms with Crippen molar-refractivity contribution in [2.24, 2.45) is 0 Å². The van der Waals surface area contributed by atoms with Gasteiger partial charge in [-0.15, -0.1) is 11.3 Å². The number of hydrogen-bond donors (Lipinski definition) is 0. The van der Waals surface area contributed by atoms with Crippen LogP contribution in [-0.2, 0) is 6.54 Å². The predicted molar refractivity (Wildman–Crippen MR) is 86.2 cm³/mol. The summed E-state index contributed by atoms with van der Waals surface area (Å²) in [4.78, 5) is 14.1. The molecule has 0 bridgehead atoms. The molecule has 106 valence electrons. The van der Waals surface area contributed by atoms with Gasteiger partial charge in [-0.25, -0.2) is 0 Å². The van der Waals surface area contributed by atoms with Crippen LogP contribution in [0.3, 0.4) is 0 Å². The average molecular weight is 328 g/mol. The topological polar surface area (TPSA) is 20.3 Å². The Bertz CT molecular complexity index is 607. The summed E-state index contributed by atoms with van der Waals surface area (Å²) in [7, 11) is 1.92. The Labute approximate surface area is 132 Å². The third-order valence-corrected chi connectivity index (χ3v) is 4.43. The smallest absolute Gasteiger partial charge is 0.179 e. The maximum atomic E-state index is 12.2. The Morgan fingerprint density at radius 2 is 1.90 bits per heavy atom. The number of carbonyl (C=O) groups excluding carboxylic acids is 1. The lowest BCUT2D eigenvalue weighted by Crippen LogP contribution is -2.25. The van der Waals surface area contributed by atoms with E-state index >= 15 is 0 Å². The first kappa shape index (κ1) is 15.5. The molecule has 20 heavy (non-hydrogen) atoms. The van der Waals surface area contributed by atoms with Gasteiger partial charge in [-0.05, 0) is 25.6 Å². The second-order valence-corrected chi connectivity index (χ2v) is 7.10. The lowest BCUT2D eigenvalue weighted by Gasteiger charge is -2.15. The van der Waals surface area contributed by atoms with Gasteiger partial charge in [0.05, 0.1) is 16.4 Å². The molecule has 1 aromatic heterocycles. The maximum absolute atomic E-state index is 12.2. The number of thiophene rings is 1. The molecule has 2 rings (SSSR count). The summed E-state index contributed by atoms with van der Waals surface area (Å²) in [6.45, 7) is 3.10. The molecule has 0 aliphatic heterocycles. The van der Waals surface area contributed by atoms with E-state index in [9.17, 15) is 4.79 Å². The van der Waals surface area contributed by atoms with Gasteiger partial charge in [0.2, 0.25) is 0 Å². The fourth-order valence-electron chi connectivity index (χ4n) is 1.92. The molecule has 0 atom stereocenters. The van der Waals surface area contributed by atoms with Gasteiger partial charge in [-0.1, -0.05) is 53.0 Å². The van der Waals surface area contributed by atoms with Crippen LogP contribution in [0.25, 0.3) is 0 Å². The molecule has 2 aromatic rings. The van der Waals surface area contributed by atoms with Crippen LogP contribution in [0.4, 0.5) is 0 Å². The number of likely N-dealkylation sites (N-methyl/N-ethyl adjacent to an activating group) is 1. The Balaban J connectivity index is 1.97. The summed E-state index contributed by atoms with van der Waals surface area (Å²) in [5, 5.41) is 0. The SMILES string of the molecule is Cc1ccc(CN(C)CC(=O)c2cc(Cl)sc2Cl)cc1. The van der Waals surface area contributed by atoms with E-state index in [0.29, 0.717) is 20.8 Å². The van der Waals surface area contributed by atoms with Crippen molar-refractivity contribution in [2.45, 2.75) is 13.5 Å². The van der Waals surface area contributed by atoms with E-state index in [4.69, 9.17) is 23.2 Å². The molecule has 0 aliphatic carbocycles. The quantitative estimate of drug-likeness (QED) is 0.743. The Morgan fingerprint density at radius 3 is 2.45 bits per heavy atom. The first-order chi connectivity index (χ1) is 9.45. The van der Waals surface area contributed by atoms with Crippen LogP contribution >= 0.6 is 34.5 Å². The maximum Gasteiger partial charge on any atom is 0.179 e. The van der Waals surface area contributed by atoms with Gasteiger partial charge in [0.25, 0.3) is 0 Å². The number of halogens is 2. The van der Waals surface area contributed by atoms with Gasteiger partial charge in [0.1, 0.15) is 4.34 Å². The van der Waals surface area contributed by atoms with Crippen LogP contribution in [0.1, 0.15) is 21.5 Å². The summed E-state index contributed by atoms with van der Waals surface area (Å²) in [6.07, 6.45) is 0. The van der Waals surface area contributed by atoms with Crippen molar-refractivity contribution >= 4 is 40.3 Å². The van der Waals surface area contributed by atoms with E-state index in [2.05, 4.69) is 31.2 Å². The monoisotopic (exact) mass is 327 g/mol. The zero-order valence-electron chi connectivity index (χ0n) is 11.3. The molecule has 0 saturated heterocycles. The van der Waals surface area contributed by atoms with Crippen LogP contribution in [0.5, 0.6) is 0 Å². The highest BCUT2D eigenvalue weighted by Gasteiger charge is 2.16. The zero-order valence-corrected chi connectivity index (χ0v) is 13.6. The summed E-state index contributed by atoms with van der Waals surface area (Å²) >= 11 is 13.1. The van der Waals surface area contributed by atoms with Crippen molar-refractivity contribution < 1.29 is 4.79 Å². The molecule has 1 aromatic carbocycles. The molecule has 0 aliphatic rings. The van der Waals surface area contributed by atoms with Gasteiger partial charge in [-0.2, -0.15) is 0 Å². The van der Waals surface area contributed by atoms with E-state index < -0.39 is 0 Å². The number of nitrogens with zero attached hydrogens (tertiary/aromatic N) is 1. The summed E-state index contributed by atoms with van der Waals surface area (Å²) in [6, 6.07) is 9.92. The highest BCUT2D eigenvalue weighted by molar-refractivity contribution is 7.20. The van der Waals surface area contributed by atoms with Crippen LogP contribution in [0.15, 0.2) is 30.3 Å². The minimum absolute atomic E-state index is 0.00670. The number of Topliss-reactive ketones (excluding diaryl/α,β-unsaturated/α-hetero) is 1. The molecule has 0 fully saturated rings. The number of aryl methyl sites for hydroxylation is 1. The van der Waals surface area contributed by atoms with Crippen LogP contribution in [0, 0.1) is 6.92 Å². The van der Waals surface area contributed by atoms with Crippen molar-refractivity contribution in [3.05, 3.63) is 55.7 Å². The molecule has 0 radical (unpaired) electrons. The van der Waals surface area contributed by atoms with E-state index in [1.807, 2.05) is 11.9 Å². The predicted octanol–water partition coefficient (Wildman–Crippen LogP) is 4.68. The van der Waals surface area contributed by atoms with Crippen molar-refractivity contribution in [3.63, 3.8) is 0 Å². The van der Waals surface area contributed by atoms with E-state index in [0.717, 1.165) is 6.54 Å². The third-order valence-electron chi connectivity index (χ3n) is 2.94. The van der Waals surface area contributed by atoms with Gasteiger partial charge in [-0.3, -0.25) is 9.69 Å². The second kappa shape index (κ2) is 6.72. The molecule has 0 amide bonds. The van der Waals surface area contributed by atoms with Crippen molar-refractivity contribution in [1.29, 1.82) is 0 Å². The molecule has 0 N–H and O–H groups in total. The number of ketones is 1. The van der Waals surface area contributed by atoms with Gasteiger partial charge in [0.15, 0.2) is 5.78 Å². The minimum Gasteiger partial charge on any atom is -0.295 e. The number of rotatable bonds is 5. The number of benzene rings is 1. The zero-order chi connectivity index (χ0) is 14.7. The minimum atomic E-state index is -0.00670. The lowest BCUT2D eigenvalue weighted by atomic mass is 10.1. The molecule has 0 saturated carbocycles. The number of carbonyl (C=O) groups is 1. The van der Waals surface area contributed by atoms with Crippen molar-refractivity contribution in [1.82, 2.24) is 4.90 Å². The molecule has 1 heterocycles. The fraction of sp³-hybridized carbons (Fsp3) is 0.267. The summed E-state index contributed by atoms with van der Waals surface area (Å²) < 4.78 is 1.00. The molecule has 0 unspecified atom stereocenters. The average Bonchev–Trinajstić information content (AvgIpc) is 2.71. The molecule has 2 nitrogen and oxygen atoms in total. The largest absolute Gasteiger partial charge is 0.295 e. The Kier molecular flexibility index (Phi) is 5.22. The molecular weight excluding hydrogens is 313 g/mol. The van der Waals surface area contributed by atoms with Crippen LogP contribution < -0.4 is 0 Å². The highest BCUT2D eigenvalue weighted by atomic mass is 35.5.